The van der Waals surface area contributed by atoms with Crippen LogP contribution in [0.1, 0.15) is 12.5 Å². The summed E-state index contributed by atoms with van der Waals surface area (Å²) in [6.45, 7) is 1.93. The van der Waals surface area contributed by atoms with Gasteiger partial charge in [0.15, 0.2) is 11.6 Å². The highest BCUT2D eigenvalue weighted by Gasteiger charge is 2.10. The zero-order valence-corrected chi connectivity index (χ0v) is 11.4. The van der Waals surface area contributed by atoms with Gasteiger partial charge in [-0.05, 0) is 19.1 Å². The van der Waals surface area contributed by atoms with Crippen molar-refractivity contribution in [2.75, 3.05) is 17.8 Å². The maximum Gasteiger partial charge on any atom is 0.205 e. The van der Waals surface area contributed by atoms with E-state index in [2.05, 4.69) is 15.5 Å². The average Bonchev–Trinajstić information content (AvgIpc) is 2.81. The summed E-state index contributed by atoms with van der Waals surface area (Å²) in [5, 5.41) is 6.03. The maximum absolute atomic E-state index is 13.4. The lowest BCUT2D eigenvalue weighted by molar-refractivity contribution is 0.314. The van der Waals surface area contributed by atoms with Crippen molar-refractivity contribution < 1.29 is 13.5 Å². The highest BCUT2D eigenvalue weighted by molar-refractivity contribution is 7.14. The van der Waals surface area contributed by atoms with Crippen LogP contribution >= 0.6 is 11.3 Å². The Labute approximate surface area is 118 Å². The minimum absolute atomic E-state index is 0.146. The fourth-order valence-corrected chi connectivity index (χ4v) is 1.97. The Bertz CT molecular complexity index is 630. The Hall–Kier alpha value is -2.22. The summed E-state index contributed by atoms with van der Waals surface area (Å²) in [5.41, 5.74) is 8.46. The number of thiazole rings is 1. The standard InChI is InChI=1S/C12H12F2N4OS/c1-2-19-9-4-7(3-8(13)11(9)14)5-16-18-12-17-10(15)6-20-12/h3-6H,2,15H2,1H3,(H,17,18). The second kappa shape index (κ2) is 6.29. The Balaban J connectivity index is 2.12. The molecule has 0 unspecified atom stereocenters. The van der Waals surface area contributed by atoms with Crippen LogP contribution in [0.5, 0.6) is 5.75 Å². The molecular formula is C12H12F2N4OS. The first-order chi connectivity index (χ1) is 9.60. The van der Waals surface area contributed by atoms with Gasteiger partial charge in [0.05, 0.1) is 12.8 Å². The van der Waals surface area contributed by atoms with Gasteiger partial charge in [-0.1, -0.05) is 0 Å². The van der Waals surface area contributed by atoms with E-state index in [1.54, 1.807) is 12.3 Å². The number of benzene rings is 1. The summed E-state index contributed by atoms with van der Waals surface area (Å²) in [7, 11) is 0. The van der Waals surface area contributed by atoms with Crippen LogP contribution in [0.15, 0.2) is 22.6 Å². The van der Waals surface area contributed by atoms with Gasteiger partial charge in [0.1, 0.15) is 5.82 Å². The van der Waals surface area contributed by atoms with Gasteiger partial charge in [0, 0.05) is 10.9 Å². The van der Waals surface area contributed by atoms with Crippen LogP contribution in [0.4, 0.5) is 19.7 Å². The van der Waals surface area contributed by atoms with Gasteiger partial charge >= 0.3 is 0 Å². The molecule has 0 fully saturated rings. The molecule has 1 aromatic heterocycles. The fraction of sp³-hybridized carbons (Fsp3) is 0.167. The number of anilines is 2. The molecule has 5 nitrogen and oxygen atoms in total. The minimum atomic E-state index is -1.01. The monoisotopic (exact) mass is 298 g/mol. The predicted molar refractivity (Wildman–Crippen MR) is 75.3 cm³/mol. The van der Waals surface area contributed by atoms with E-state index in [-0.39, 0.29) is 12.4 Å². The molecule has 2 rings (SSSR count). The molecule has 106 valence electrons. The number of ether oxygens (including phenoxy) is 1. The molecule has 1 aromatic carbocycles. The average molecular weight is 298 g/mol. The van der Waals surface area contributed by atoms with Crippen molar-refractivity contribution in [3.05, 3.63) is 34.7 Å². The summed E-state index contributed by atoms with van der Waals surface area (Å²) in [5.74, 6) is -1.76. The Kier molecular flexibility index (Phi) is 4.46. The quantitative estimate of drug-likeness (QED) is 0.657. The smallest absolute Gasteiger partial charge is 0.205 e. The molecule has 0 saturated carbocycles. The van der Waals surface area contributed by atoms with Crippen molar-refractivity contribution in [3.63, 3.8) is 0 Å². The van der Waals surface area contributed by atoms with Gasteiger partial charge < -0.3 is 10.5 Å². The zero-order valence-electron chi connectivity index (χ0n) is 10.6. The fourth-order valence-electron chi connectivity index (χ4n) is 1.42. The van der Waals surface area contributed by atoms with Crippen molar-refractivity contribution in [2.24, 2.45) is 5.10 Å². The number of aromatic nitrogens is 1. The summed E-state index contributed by atoms with van der Waals surface area (Å²) in [6, 6.07) is 2.39. The minimum Gasteiger partial charge on any atom is -0.491 e. The van der Waals surface area contributed by atoms with Crippen molar-refractivity contribution in [2.45, 2.75) is 6.92 Å². The van der Waals surface area contributed by atoms with Gasteiger partial charge in [0.2, 0.25) is 10.9 Å². The number of rotatable bonds is 5. The third-order valence-electron chi connectivity index (χ3n) is 2.21. The number of nitrogens with zero attached hydrogens (tertiary/aromatic N) is 2. The van der Waals surface area contributed by atoms with Crippen molar-refractivity contribution in [1.29, 1.82) is 0 Å². The zero-order chi connectivity index (χ0) is 14.5. The lowest BCUT2D eigenvalue weighted by Crippen LogP contribution is -1.99. The molecule has 20 heavy (non-hydrogen) atoms. The van der Waals surface area contributed by atoms with Crippen LogP contribution in [-0.2, 0) is 0 Å². The molecule has 0 bridgehead atoms. The molecule has 2 aromatic rings. The highest BCUT2D eigenvalue weighted by atomic mass is 32.1. The lowest BCUT2D eigenvalue weighted by Gasteiger charge is -2.06. The van der Waals surface area contributed by atoms with Crippen LogP contribution in [0.3, 0.4) is 0 Å². The van der Waals surface area contributed by atoms with Gasteiger partial charge in [-0.2, -0.15) is 9.49 Å². The van der Waals surface area contributed by atoms with Crippen LogP contribution in [-0.4, -0.2) is 17.8 Å². The summed E-state index contributed by atoms with van der Waals surface area (Å²) in [6.07, 6.45) is 1.34. The Morgan fingerprint density at radius 3 is 2.95 bits per heavy atom. The van der Waals surface area contributed by atoms with Crippen LogP contribution in [0.25, 0.3) is 0 Å². The van der Waals surface area contributed by atoms with Crippen LogP contribution in [0.2, 0.25) is 0 Å². The van der Waals surface area contributed by atoms with E-state index in [9.17, 15) is 8.78 Å². The van der Waals surface area contributed by atoms with E-state index < -0.39 is 11.6 Å². The van der Waals surface area contributed by atoms with Gasteiger partial charge in [-0.25, -0.2) is 9.37 Å². The van der Waals surface area contributed by atoms with Gasteiger partial charge in [-0.3, -0.25) is 5.43 Å². The highest BCUT2D eigenvalue weighted by Crippen LogP contribution is 2.21. The molecule has 0 atom stereocenters. The Morgan fingerprint density at radius 2 is 2.30 bits per heavy atom. The lowest BCUT2D eigenvalue weighted by atomic mass is 10.2. The van der Waals surface area contributed by atoms with Gasteiger partial charge in [-0.15, -0.1) is 11.3 Å². The molecule has 3 N–H and O–H groups in total. The third-order valence-corrected chi connectivity index (χ3v) is 2.98. The molecule has 0 aliphatic carbocycles. The number of halogens is 2. The first-order valence-corrected chi connectivity index (χ1v) is 6.60. The van der Waals surface area contributed by atoms with E-state index in [1.165, 1.54) is 23.6 Å². The van der Waals surface area contributed by atoms with E-state index in [4.69, 9.17) is 10.5 Å². The molecule has 0 spiro atoms. The summed E-state index contributed by atoms with van der Waals surface area (Å²) in [4.78, 5) is 3.93. The van der Waals surface area contributed by atoms with Crippen LogP contribution < -0.4 is 15.9 Å². The molecule has 1 heterocycles. The first kappa shape index (κ1) is 14.2. The van der Waals surface area contributed by atoms with Crippen molar-refractivity contribution in [3.8, 4) is 5.75 Å². The molecular weight excluding hydrogens is 286 g/mol. The van der Waals surface area contributed by atoms with Crippen molar-refractivity contribution >= 4 is 28.5 Å². The van der Waals surface area contributed by atoms with Crippen LogP contribution in [0, 0.1) is 11.6 Å². The van der Waals surface area contributed by atoms with E-state index in [0.29, 0.717) is 16.5 Å². The largest absolute Gasteiger partial charge is 0.491 e. The summed E-state index contributed by atoms with van der Waals surface area (Å²) < 4.78 is 31.7. The second-order valence-corrected chi connectivity index (χ2v) is 4.55. The number of hydrogen-bond donors (Lipinski definition) is 2. The van der Waals surface area contributed by atoms with E-state index >= 15 is 0 Å². The molecule has 0 aliphatic heterocycles. The topological polar surface area (TPSA) is 72.5 Å². The normalized spacial score (nSPS) is 10.9. The SMILES string of the molecule is CCOc1cc(C=NNc2nc(N)cs2)cc(F)c1F. The molecule has 0 aliphatic rings. The number of hydrazone groups is 1. The summed E-state index contributed by atoms with van der Waals surface area (Å²) >= 11 is 1.28. The van der Waals surface area contributed by atoms with E-state index in [0.717, 1.165) is 6.07 Å². The number of nitrogen functional groups attached to an aromatic ring is 1. The number of hydrogen-bond acceptors (Lipinski definition) is 6. The maximum atomic E-state index is 13.4. The third kappa shape index (κ3) is 3.41. The number of nitrogens with two attached hydrogens (primary N) is 1. The molecule has 0 radical (unpaired) electrons. The molecule has 8 heteroatoms. The predicted octanol–water partition coefficient (Wildman–Crippen LogP) is 2.85. The van der Waals surface area contributed by atoms with E-state index in [1.807, 2.05) is 0 Å². The second-order valence-electron chi connectivity index (χ2n) is 3.70. The Morgan fingerprint density at radius 1 is 1.50 bits per heavy atom. The first-order valence-electron chi connectivity index (χ1n) is 5.72. The molecule has 0 amide bonds. The molecule has 0 saturated heterocycles. The number of nitrogens with one attached hydrogen (secondary N) is 1. The van der Waals surface area contributed by atoms with Gasteiger partial charge in [0.25, 0.3) is 0 Å². The van der Waals surface area contributed by atoms with Crippen molar-refractivity contribution in [1.82, 2.24) is 4.98 Å².